The molecule has 0 fully saturated rings. The Morgan fingerprint density at radius 2 is 1.77 bits per heavy atom. The van der Waals surface area contributed by atoms with E-state index in [1.54, 1.807) is 0 Å². The minimum atomic E-state index is -4.65. The summed E-state index contributed by atoms with van der Waals surface area (Å²) in [5, 5.41) is 14.5. The highest BCUT2D eigenvalue weighted by Gasteiger charge is 2.29. The van der Waals surface area contributed by atoms with Gasteiger partial charge in [0.05, 0.1) is 12.2 Å². The van der Waals surface area contributed by atoms with Crippen LogP contribution in [0.4, 0.5) is 23.7 Å². The van der Waals surface area contributed by atoms with E-state index in [0.29, 0.717) is 19.6 Å². The van der Waals surface area contributed by atoms with E-state index in [0.717, 1.165) is 18.6 Å². The lowest BCUT2D eigenvalue weighted by Crippen LogP contribution is -2.26. The van der Waals surface area contributed by atoms with Gasteiger partial charge in [0.2, 0.25) is 0 Å². The first kappa shape index (κ1) is 24.0. The van der Waals surface area contributed by atoms with Crippen LogP contribution in [0.5, 0.6) is 5.75 Å². The van der Waals surface area contributed by atoms with Gasteiger partial charge >= 0.3 is 12.3 Å². The monoisotopic (exact) mass is 440 g/mol. The van der Waals surface area contributed by atoms with Crippen molar-refractivity contribution >= 4 is 17.7 Å². The van der Waals surface area contributed by atoms with E-state index in [9.17, 15) is 27.9 Å². The van der Waals surface area contributed by atoms with Gasteiger partial charge < -0.3 is 19.9 Å². The second kappa shape index (κ2) is 11.8. The predicted octanol–water partition coefficient (Wildman–Crippen LogP) is 3.88. The standard InChI is InChI=1S/C21H23F3N2O5/c22-21(23,24)14-31-20(29)26-16-7-8-18(27)17(13-16)19(28)25-10-4-11-30-12-9-15-5-2-1-3-6-15/h1-3,5-8,13,27H,4,9-12,14H2,(H,25,28)(H,26,29). The molecule has 0 bridgehead atoms. The highest BCUT2D eigenvalue weighted by molar-refractivity contribution is 5.98. The summed E-state index contributed by atoms with van der Waals surface area (Å²) >= 11 is 0. The number of anilines is 1. The zero-order valence-corrected chi connectivity index (χ0v) is 16.6. The Morgan fingerprint density at radius 1 is 1.03 bits per heavy atom. The van der Waals surface area contributed by atoms with E-state index in [-0.39, 0.29) is 23.5 Å². The minimum Gasteiger partial charge on any atom is -0.507 e. The number of hydrogen-bond acceptors (Lipinski definition) is 5. The second-order valence-electron chi connectivity index (χ2n) is 6.51. The first-order valence-corrected chi connectivity index (χ1v) is 9.48. The number of carbonyl (C=O) groups excluding carboxylic acids is 2. The molecule has 168 valence electrons. The van der Waals surface area contributed by atoms with E-state index in [1.165, 1.54) is 11.6 Å². The van der Waals surface area contributed by atoms with Crippen LogP contribution >= 0.6 is 0 Å². The molecule has 2 rings (SSSR count). The summed E-state index contributed by atoms with van der Waals surface area (Å²) in [6.45, 7) is -0.463. The number of nitrogens with one attached hydrogen (secondary N) is 2. The number of alkyl halides is 3. The summed E-state index contributed by atoms with van der Waals surface area (Å²) in [4.78, 5) is 23.6. The lowest BCUT2D eigenvalue weighted by atomic mass is 10.1. The first-order valence-electron chi connectivity index (χ1n) is 9.48. The van der Waals surface area contributed by atoms with Gasteiger partial charge in [-0.15, -0.1) is 0 Å². The van der Waals surface area contributed by atoms with Crippen molar-refractivity contribution in [3.05, 3.63) is 59.7 Å². The van der Waals surface area contributed by atoms with E-state index < -0.39 is 24.8 Å². The molecule has 0 saturated carbocycles. The van der Waals surface area contributed by atoms with Gasteiger partial charge in [-0.2, -0.15) is 13.2 Å². The Hall–Kier alpha value is -3.27. The van der Waals surface area contributed by atoms with Crippen LogP contribution in [0.1, 0.15) is 22.3 Å². The summed E-state index contributed by atoms with van der Waals surface area (Å²) in [6.07, 6.45) is -4.65. The number of phenolic OH excluding ortho intramolecular Hbond substituents is 1. The van der Waals surface area contributed by atoms with E-state index in [4.69, 9.17) is 4.74 Å². The highest BCUT2D eigenvalue weighted by atomic mass is 19.4. The van der Waals surface area contributed by atoms with Gasteiger partial charge in [-0.05, 0) is 36.6 Å². The maximum absolute atomic E-state index is 12.2. The SMILES string of the molecule is O=C(Nc1ccc(O)c(C(=O)NCCCOCCc2ccccc2)c1)OCC(F)(F)F. The number of benzene rings is 2. The molecule has 0 aromatic heterocycles. The van der Waals surface area contributed by atoms with Crippen molar-refractivity contribution in [2.24, 2.45) is 0 Å². The molecule has 0 aliphatic rings. The van der Waals surface area contributed by atoms with Crippen molar-refractivity contribution in [3.63, 3.8) is 0 Å². The molecule has 2 aromatic rings. The van der Waals surface area contributed by atoms with Gasteiger partial charge in [0.1, 0.15) is 5.75 Å². The third-order valence-electron chi connectivity index (χ3n) is 3.98. The lowest BCUT2D eigenvalue weighted by Gasteiger charge is -2.11. The Morgan fingerprint density at radius 3 is 2.48 bits per heavy atom. The molecule has 0 aliphatic carbocycles. The van der Waals surface area contributed by atoms with Gasteiger partial charge in [-0.3, -0.25) is 10.1 Å². The fourth-order valence-electron chi connectivity index (χ4n) is 2.51. The van der Waals surface area contributed by atoms with Crippen molar-refractivity contribution in [2.75, 3.05) is 31.7 Å². The number of hydrogen-bond donors (Lipinski definition) is 3. The maximum Gasteiger partial charge on any atom is 0.422 e. The summed E-state index contributed by atoms with van der Waals surface area (Å²) in [6, 6.07) is 13.4. The molecule has 31 heavy (non-hydrogen) atoms. The zero-order chi connectivity index (χ0) is 22.7. The molecule has 2 amide bonds. The molecule has 3 N–H and O–H groups in total. The third-order valence-corrected chi connectivity index (χ3v) is 3.98. The number of carbonyl (C=O) groups is 2. The summed E-state index contributed by atoms with van der Waals surface area (Å²) in [5.74, 6) is -0.945. The fraction of sp³-hybridized carbons (Fsp3) is 0.333. The maximum atomic E-state index is 12.2. The van der Waals surface area contributed by atoms with Crippen molar-refractivity contribution in [1.82, 2.24) is 5.32 Å². The van der Waals surface area contributed by atoms with E-state index in [2.05, 4.69) is 15.4 Å². The number of ether oxygens (including phenoxy) is 2. The first-order chi connectivity index (χ1) is 14.7. The van der Waals surface area contributed by atoms with Crippen LogP contribution in [-0.4, -0.2) is 49.6 Å². The van der Waals surface area contributed by atoms with Gasteiger partial charge in [-0.25, -0.2) is 4.79 Å². The summed E-state index contributed by atoms with van der Waals surface area (Å²) < 4.78 is 45.8. The van der Waals surface area contributed by atoms with Crippen LogP contribution in [-0.2, 0) is 15.9 Å². The number of phenols is 1. The van der Waals surface area contributed by atoms with Gasteiger partial charge in [0, 0.05) is 18.8 Å². The second-order valence-corrected chi connectivity index (χ2v) is 6.51. The molecule has 2 aromatic carbocycles. The largest absolute Gasteiger partial charge is 0.507 e. The smallest absolute Gasteiger partial charge is 0.422 e. The molecule has 0 unspecified atom stereocenters. The Balaban J connectivity index is 1.72. The van der Waals surface area contributed by atoms with Gasteiger partial charge in [-0.1, -0.05) is 30.3 Å². The normalized spacial score (nSPS) is 11.1. The number of rotatable bonds is 10. The van der Waals surface area contributed by atoms with Crippen molar-refractivity contribution in [2.45, 2.75) is 19.0 Å². The molecule has 0 atom stereocenters. The molecule has 0 aliphatic heterocycles. The topological polar surface area (TPSA) is 96.9 Å². The Labute approximate surface area is 177 Å². The average molecular weight is 440 g/mol. The molecule has 7 nitrogen and oxygen atoms in total. The van der Waals surface area contributed by atoms with Gasteiger partial charge in [0.25, 0.3) is 5.91 Å². The number of halogens is 3. The van der Waals surface area contributed by atoms with Crippen LogP contribution in [0.25, 0.3) is 0 Å². The summed E-state index contributed by atoms with van der Waals surface area (Å²) in [5.41, 5.74) is 1.03. The van der Waals surface area contributed by atoms with Gasteiger partial charge in [0.15, 0.2) is 6.61 Å². The fourth-order valence-corrected chi connectivity index (χ4v) is 2.51. The van der Waals surface area contributed by atoms with Crippen molar-refractivity contribution < 1.29 is 37.3 Å². The molecule has 0 heterocycles. The third kappa shape index (κ3) is 9.39. The Kier molecular flexibility index (Phi) is 9.13. The molecular weight excluding hydrogens is 417 g/mol. The number of aromatic hydroxyl groups is 1. The average Bonchev–Trinajstić information content (AvgIpc) is 2.73. The predicted molar refractivity (Wildman–Crippen MR) is 107 cm³/mol. The lowest BCUT2D eigenvalue weighted by molar-refractivity contribution is -0.159. The zero-order valence-electron chi connectivity index (χ0n) is 16.6. The van der Waals surface area contributed by atoms with Crippen LogP contribution in [0.15, 0.2) is 48.5 Å². The highest BCUT2D eigenvalue weighted by Crippen LogP contribution is 2.22. The van der Waals surface area contributed by atoms with Crippen LogP contribution < -0.4 is 10.6 Å². The molecule has 0 radical (unpaired) electrons. The Bertz CT molecular complexity index is 860. The minimum absolute atomic E-state index is 0.000584. The van der Waals surface area contributed by atoms with Crippen molar-refractivity contribution in [3.8, 4) is 5.75 Å². The molecule has 10 heteroatoms. The van der Waals surface area contributed by atoms with Crippen LogP contribution in [0.3, 0.4) is 0 Å². The summed E-state index contributed by atoms with van der Waals surface area (Å²) in [7, 11) is 0. The van der Waals surface area contributed by atoms with E-state index in [1.807, 2.05) is 30.3 Å². The number of amides is 2. The molecule has 0 saturated heterocycles. The van der Waals surface area contributed by atoms with E-state index >= 15 is 0 Å². The quantitative estimate of drug-likeness (QED) is 0.385. The van der Waals surface area contributed by atoms with Crippen LogP contribution in [0.2, 0.25) is 0 Å². The molecule has 0 spiro atoms. The van der Waals surface area contributed by atoms with Crippen LogP contribution in [0, 0.1) is 0 Å². The molecular formula is C21H23F3N2O5. The van der Waals surface area contributed by atoms with Crippen molar-refractivity contribution in [1.29, 1.82) is 0 Å².